The number of benzene rings is 1. The van der Waals surface area contributed by atoms with Crippen LogP contribution in [0.4, 0.5) is 17.6 Å². The number of rotatable bonds is 11. The predicted octanol–water partition coefficient (Wildman–Crippen LogP) is 5.96. The summed E-state index contributed by atoms with van der Waals surface area (Å²) in [7, 11) is -3.01. The minimum atomic E-state index is -4.90. The molecule has 0 radical (unpaired) electrons. The number of allylic oxidation sites excluding steroid dienone is 2. The number of aromatic nitrogens is 1. The van der Waals surface area contributed by atoms with Gasteiger partial charge in [0, 0.05) is 24.4 Å². The quantitative estimate of drug-likeness (QED) is 0.155. The summed E-state index contributed by atoms with van der Waals surface area (Å²) in [6.45, 7) is 4.27. The predicted molar refractivity (Wildman–Crippen MR) is 209 cm³/mol. The minimum Gasteiger partial charge on any atom is -0.494 e. The van der Waals surface area contributed by atoms with Crippen LogP contribution in [0.1, 0.15) is 91.9 Å². The van der Waals surface area contributed by atoms with E-state index in [9.17, 15) is 50.3 Å². The second-order valence-corrected chi connectivity index (χ2v) is 19.6. The van der Waals surface area contributed by atoms with E-state index < -0.39 is 111 Å². The summed E-state index contributed by atoms with van der Waals surface area (Å²) in [6.07, 6.45) is 0.305. The maximum absolute atomic E-state index is 15.0. The molecule has 3 heterocycles. The molecule has 7 atom stereocenters. The molecule has 4 aliphatic rings. The van der Waals surface area contributed by atoms with Crippen molar-refractivity contribution in [2.45, 2.75) is 121 Å². The van der Waals surface area contributed by atoms with E-state index in [2.05, 4.69) is 9.71 Å². The van der Waals surface area contributed by atoms with E-state index >= 15 is 0 Å². The van der Waals surface area contributed by atoms with Gasteiger partial charge < -0.3 is 24.2 Å². The summed E-state index contributed by atoms with van der Waals surface area (Å²) in [5, 5.41) is 10.6. The van der Waals surface area contributed by atoms with E-state index in [0.29, 0.717) is 44.9 Å². The largest absolute Gasteiger partial charge is 0.494 e. The highest BCUT2D eigenvalue weighted by Crippen LogP contribution is 2.58. The number of carbonyl (C=O) groups excluding carboxylic acids is 4. The van der Waals surface area contributed by atoms with E-state index in [0.717, 1.165) is 0 Å². The van der Waals surface area contributed by atoms with Gasteiger partial charge in [0.05, 0.1) is 44.1 Å². The van der Waals surface area contributed by atoms with E-state index in [1.165, 1.54) is 30.3 Å². The maximum atomic E-state index is 15.0. The Bertz CT molecular complexity index is 2140. The summed E-state index contributed by atoms with van der Waals surface area (Å²) in [6, 6.07) is 2.97. The van der Waals surface area contributed by atoms with Gasteiger partial charge in [0.1, 0.15) is 10.9 Å². The Morgan fingerprint density at radius 2 is 1.85 bits per heavy atom. The number of alkyl halides is 3. The van der Waals surface area contributed by atoms with Gasteiger partial charge in [-0.15, -0.1) is 0 Å². The zero-order valence-corrected chi connectivity index (χ0v) is 35.2. The number of aliphatic hydroxyl groups is 1. The molecule has 2 aromatic rings. The molecular weight excluding hydrogens is 815 g/mol. The number of esters is 1. The number of methoxy groups -OCH3 is 1. The Labute approximate surface area is 346 Å². The summed E-state index contributed by atoms with van der Waals surface area (Å²) in [4.78, 5) is 62.6. The lowest BCUT2D eigenvalue weighted by Gasteiger charge is -2.34. The van der Waals surface area contributed by atoms with Crippen LogP contribution in [0.2, 0.25) is 0 Å². The molecule has 0 spiro atoms. The second-order valence-electron chi connectivity index (χ2n) is 17.5. The van der Waals surface area contributed by atoms with Crippen molar-refractivity contribution in [2.75, 3.05) is 20.3 Å². The third-order valence-electron chi connectivity index (χ3n) is 12.9. The normalized spacial score (nSPS) is 29.1. The molecule has 2 aliphatic heterocycles. The topological polar surface area (TPSA) is 178 Å². The molecule has 3 fully saturated rings. The first-order chi connectivity index (χ1) is 28.1. The van der Waals surface area contributed by atoms with Crippen LogP contribution in [-0.4, -0.2) is 95.9 Å². The van der Waals surface area contributed by atoms with Crippen molar-refractivity contribution in [1.29, 1.82) is 0 Å². The van der Waals surface area contributed by atoms with Gasteiger partial charge in [-0.25, -0.2) is 17.8 Å². The zero-order chi connectivity index (χ0) is 44.0. The fourth-order valence-electron chi connectivity index (χ4n) is 8.65. The fourth-order valence-corrected chi connectivity index (χ4v) is 10.1. The number of hydrogen-bond donors (Lipinski definition) is 2. The first kappa shape index (κ1) is 45.2. The van der Waals surface area contributed by atoms with Crippen molar-refractivity contribution < 1.29 is 64.5 Å². The number of sulfonamides is 1. The standard InChI is InChI=1S/C42H53F4N3O10S/c1-6-25-15-24(2)9-7-8-10-27-20-41(27,38(54)48-60(55,56)40(23-50)12-13-40)21-33(51)32-17-28(58-36-29-18-31(43)34(57-5)16-26(29)11-14-47-36)22-49(32)37(53)30(25)19-35(52)59-39(3,4)42(44,45)46/h8,10-11,14,16,18,24-25,27-28,30,32,50H,6-7,9,12-13,15,17,19-23H2,1-5H3,(H,48,54)/b10-8-/t24-,25-,27-,28-,30+,32+,41-/m1/s1. The molecule has 0 unspecified atom stereocenters. The highest BCUT2D eigenvalue weighted by Gasteiger charge is 2.63. The molecule has 2 aliphatic carbocycles. The highest BCUT2D eigenvalue weighted by atomic mass is 32.2. The lowest BCUT2D eigenvalue weighted by molar-refractivity contribution is -0.257. The zero-order valence-electron chi connectivity index (χ0n) is 34.3. The number of ketones is 1. The molecule has 2 N–H and O–H groups in total. The Hall–Kier alpha value is -4.32. The number of pyridine rings is 1. The van der Waals surface area contributed by atoms with Gasteiger partial charge in [0.15, 0.2) is 17.3 Å². The molecule has 1 saturated heterocycles. The van der Waals surface area contributed by atoms with Crippen LogP contribution >= 0.6 is 0 Å². The Morgan fingerprint density at radius 3 is 2.48 bits per heavy atom. The van der Waals surface area contributed by atoms with Crippen molar-refractivity contribution in [3.8, 4) is 11.6 Å². The molecule has 0 bridgehead atoms. The minimum absolute atomic E-state index is 0.0113. The van der Waals surface area contributed by atoms with Crippen LogP contribution in [-0.2, 0) is 33.9 Å². The molecule has 2 amide bonds. The van der Waals surface area contributed by atoms with Gasteiger partial charge in [-0.3, -0.25) is 23.9 Å². The molecule has 60 heavy (non-hydrogen) atoms. The molecule has 330 valence electrons. The first-order valence-corrected chi connectivity index (χ1v) is 21.8. The monoisotopic (exact) mass is 867 g/mol. The fraction of sp³-hybridized carbons (Fsp3) is 0.643. The van der Waals surface area contributed by atoms with Crippen LogP contribution < -0.4 is 14.2 Å². The van der Waals surface area contributed by atoms with Gasteiger partial charge in [-0.2, -0.15) is 13.2 Å². The maximum Gasteiger partial charge on any atom is 0.427 e. The Morgan fingerprint density at radius 1 is 1.13 bits per heavy atom. The van der Waals surface area contributed by atoms with Crippen molar-refractivity contribution in [1.82, 2.24) is 14.6 Å². The van der Waals surface area contributed by atoms with Gasteiger partial charge in [-0.1, -0.05) is 32.4 Å². The number of hydrogen-bond acceptors (Lipinski definition) is 11. The molecule has 1 aromatic heterocycles. The number of ether oxygens (including phenoxy) is 3. The van der Waals surface area contributed by atoms with E-state index in [4.69, 9.17) is 14.2 Å². The Balaban J connectivity index is 1.38. The molecule has 13 nitrogen and oxygen atoms in total. The summed E-state index contributed by atoms with van der Waals surface area (Å²) in [5.41, 5.74) is -4.36. The van der Waals surface area contributed by atoms with Gasteiger partial charge in [-0.05, 0) is 93.7 Å². The second kappa shape index (κ2) is 16.9. The van der Waals surface area contributed by atoms with Crippen molar-refractivity contribution in [3.05, 3.63) is 42.4 Å². The molecular formula is C42H53F4N3O10S. The molecule has 18 heteroatoms. The molecule has 2 saturated carbocycles. The van der Waals surface area contributed by atoms with Crippen LogP contribution in [0.5, 0.6) is 11.6 Å². The van der Waals surface area contributed by atoms with E-state index in [1.807, 2.05) is 19.9 Å². The average molecular weight is 868 g/mol. The lowest BCUT2D eigenvalue weighted by Crippen LogP contribution is -2.49. The smallest absolute Gasteiger partial charge is 0.427 e. The Kier molecular flexibility index (Phi) is 12.7. The van der Waals surface area contributed by atoms with Gasteiger partial charge in [0.25, 0.3) is 0 Å². The van der Waals surface area contributed by atoms with Crippen molar-refractivity contribution in [3.63, 3.8) is 0 Å². The van der Waals surface area contributed by atoms with Crippen LogP contribution in [0.25, 0.3) is 10.8 Å². The number of aliphatic hydroxyl groups excluding tert-OH is 1. The molecule has 1 aromatic carbocycles. The number of Topliss-reactive ketones (excluding diaryl/α,β-unsaturated/α-hetero) is 1. The average Bonchev–Trinajstić information content (AvgIpc) is 4.08. The summed E-state index contributed by atoms with van der Waals surface area (Å²) >= 11 is 0. The van der Waals surface area contributed by atoms with E-state index in [1.54, 1.807) is 12.1 Å². The summed E-state index contributed by atoms with van der Waals surface area (Å²) in [5.74, 6) is -6.45. The first-order valence-electron chi connectivity index (χ1n) is 20.4. The van der Waals surface area contributed by atoms with Crippen LogP contribution in [0, 0.1) is 34.9 Å². The van der Waals surface area contributed by atoms with Crippen LogP contribution in [0.15, 0.2) is 36.5 Å². The highest BCUT2D eigenvalue weighted by molar-refractivity contribution is 7.91. The van der Waals surface area contributed by atoms with E-state index in [-0.39, 0.29) is 55.2 Å². The number of nitrogens with zero attached hydrogens (tertiary/aromatic N) is 2. The van der Waals surface area contributed by atoms with Crippen molar-refractivity contribution >= 4 is 44.4 Å². The number of halogens is 4. The SMILES string of the molecule is CC[C@@H]1C[C@H](C)CC/C=C\[C@@H]2C[C@@]2(C(=O)NS(=O)(=O)C2(CO)CC2)CC(=O)[C@@H]2C[C@@H](Oc3nccc4cc(OC)c(F)cc34)CN2C(=O)[C@H]1CC(=O)OC(C)(C)C(F)(F)F. The van der Waals surface area contributed by atoms with Crippen LogP contribution in [0.3, 0.4) is 0 Å². The van der Waals surface area contributed by atoms with Gasteiger partial charge >= 0.3 is 12.1 Å². The van der Waals surface area contributed by atoms with Crippen molar-refractivity contribution in [2.24, 2.45) is 29.1 Å². The molecule has 6 rings (SSSR count). The number of nitrogens with one attached hydrogen (secondary N) is 1. The number of amides is 2. The summed E-state index contributed by atoms with van der Waals surface area (Å²) < 4.78 is 100.0. The third-order valence-corrected chi connectivity index (χ3v) is 15.0. The number of carbonyl (C=O) groups is 4. The third kappa shape index (κ3) is 9.00. The van der Waals surface area contributed by atoms with Gasteiger partial charge in [0.2, 0.25) is 33.3 Å². The number of fused-ring (bicyclic) bond motifs is 3. The lowest BCUT2D eigenvalue weighted by atomic mass is 9.79.